The second kappa shape index (κ2) is 5.93. The maximum Gasteiger partial charge on any atom is 0.0379 e. The van der Waals surface area contributed by atoms with Gasteiger partial charge in [-0.2, -0.15) is 0 Å². The average Bonchev–Trinajstić information content (AvgIpc) is 2.69. The number of para-hydroxylation sites is 1. The first kappa shape index (κ1) is 13.1. The van der Waals surface area contributed by atoms with Gasteiger partial charge in [-0.3, -0.25) is 0 Å². The molecule has 1 nitrogen and oxygen atoms in total. The highest BCUT2D eigenvalue weighted by Crippen LogP contribution is 2.39. The number of hydrogen-bond acceptors (Lipinski definition) is 1. The van der Waals surface area contributed by atoms with Crippen LogP contribution in [0.2, 0.25) is 0 Å². The van der Waals surface area contributed by atoms with Crippen LogP contribution in [0.4, 0.5) is 5.69 Å². The van der Waals surface area contributed by atoms with E-state index in [0.717, 1.165) is 6.54 Å². The van der Waals surface area contributed by atoms with Crippen molar-refractivity contribution >= 4 is 5.69 Å². The van der Waals surface area contributed by atoms with Crippen LogP contribution in [-0.4, -0.2) is 6.54 Å². The van der Waals surface area contributed by atoms with Crippen LogP contribution in [-0.2, 0) is 5.41 Å². The molecule has 1 aliphatic rings. The van der Waals surface area contributed by atoms with E-state index in [0.29, 0.717) is 5.41 Å². The molecule has 0 saturated carbocycles. The molecule has 1 heteroatoms. The molecule has 0 aromatic heterocycles. The monoisotopic (exact) mass is 219 g/mol. The summed E-state index contributed by atoms with van der Waals surface area (Å²) in [4.78, 5) is 0. The summed E-state index contributed by atoms with van der Waals surface area (Å²) < 4.78 is 0. The van der Waals surface area contributed by atoms with Crippen LogP contribution < -0.4 is 5.32 Å². The van der Waals surface area contributed by atoms with E-state index in [1.165, 1.54) is 30.5 Å². The van der Waals surface area contributed by atoms with Gasteiger partial charge in [0.2, 0.25) is 0 Å². The number of unbranched alkanes of at least 4 members (excludes halogenated alkanes) is 1. The number of hydrogen-bond donors (Lipinski definition) is 1. The molecule has 1 atom stereocenters. The smallest absolute Gasteiger partial charge is 0.0379 e. The Bertz CT molecular complexity index is 319. The van der Waals surface area contributed by atoms with E-state index in [1.54, 1.807) is 0 Å². The molecule has 0 aliphatic carbocycles. The van der Waals surface area contributed by atoms with Crippen LogP contribution in [0.1, 0.15) is 52.5 Å². The van der Waals surface area contributed by atoms with Gasteiger partial charge in [0.05, 0.1) is 0 Å². The van der Waals surface area contributed by atoms with Crippen molar-refractivity contribution in [3.8, 4) is 0 Å². The molecule has 0 amide bonds. The maximum atomic E-state index is 3.50. The third-order valence-corrected chi connectivity index (χ3v) is 3.33. The quantitative estimate of drug-likeness (QED) is 0.784. The van der Waals surface area contributed by atoms with E-state index in [4.69, 9.17) is 0 Å². The van der Waals surface area contributed by atoms with Gasteiger partial charge in [0, 0.05) is 17.6 Å². The fourth-order valence-electron chi connectivity index (χ4n) is 2.34. The Kier molecular flexibility index (Phi) is 4.85. The van der Waals surface area contributed by atoms with E-state index >= 15 is 0 Å². The molecule has 1 aromatic rings. The summed E-state index contributed by atoms with van der Waals surface area (Å²) in [6, 6.07) is 8.71. The van der Waals surface area contributed by atoms with Gasteiger partial charge in [0.15, 0.2) is 0 Å². The zero-order valence-corrected chi connectivity index (χ0v) is 11.1. The van der Waals surface area contributed by atoms with Crippen molar-refractivity contribution in [2.75, 3.05) is 11.9 Å². The van der Waals surface area contributed by atoms with Crippen LogP contribution in [0.3, 0.4) is 0 Å². The average molecular weight is 219 g/mol. The van der Waals surface area contributed by atoms with Crippen LogP contribution in [0.5, 0.6) is 0 Å². The van der Waals surface area contributed by atoms with Crippen molar-refractivity contribution in [2.24, 2.45) is 0 Å². The van der Waals surface area contributed by atoms with Gasteiger partial charge in [-0.15, -0.1) is 0 Å². The molecule has 0 bridgehead atoms. The van der Waals surface area contributed by atoms with Gasteiger partial charge >= 0.3 is 0 Å². The lowest BCUT2D eigenvalue weighted by molar-refractivity contribution is 0.456. The maximum absolute atomic E-state index is 3.50. The summed E-state index contributed by atoms with van der Waals surface area (Å²) in [7, 11) is 0. The van der Waals surface area contributed by atoms with Gasteiger partial charge in [-0.05, 0) is 18.1 Å². The minimum absolute atomic E-state index is 0.368. The van der Waals surface area contributed by atoms with Gasteiger partial charge < -0.3 is 5.32 Å². The molecule has 16 heavy (non-hydrogen) atoms. The molecule has 0 radical (unpaired) electrons. The molecule has 0 fully saturated rings. The topological polar surface area (TPSA) is 12.0 Å². The van der Waals surface area contributed by atoms with Crippen LogP contribution in [0.25, 0.3) is 0 Å². The molecule has 90 valence electrons. The molecule has 0 spiro atoms. The largest absolute Gasteiger partial charge is 0.384 e. The Morgan fingerprint density at radius 3 is 2.62 bits per heavy atom. The van der Waals surface area contributed by atoms with Crippen molar-refractivity contribution in [2.45, 2.75) is 52.4 Å². The predicted octanol–water partition coefficient (Wildman–Crippen LogP) is 4.59. The third-order valence-electron chi connectivity index (χ3n) is 3.33. The molecular formula is C15H25N. The first-order chi connectivity index (χ1) is 7.76. The lowest BCUT2D eigenvalue weighted by Crippen LogP contribution is -2.23. The Morgan fingerprint density at radius 2 is 1.94 bits per heavy atom. The zero-order valence-electron chi connectivity index (χ0n) is 11.1. The normalized spacial score (nSPS) is 21.8. The highest BCUT2D eigenvalue weighted by molar-refractivity contribution is 5.59. The number of nitrogens with one attached hydrogen (secondary N) is 1. The Labute approximate surface area is 100 Å². The van der Waals surface area contributed by atoms with Crippen molar-refractivity contribution in [1.82, 2.24) is 0 Å². The van der Waals surface area contributed by atoms with Crippen LogP contribution in [0.15, 0.2) is 24.3 Å². The second-order valence-corrected chi connectivity index (χ2v) is 4.56. The lowest BCUT2D eigenvalue weighted by atomic mass is 9.80. The Balaban J connectivity index is 0.000000606. The second-order valence-electron chi connectivity index (χ2n) is 4.56. The minimum atomic E-state index is 0.368. The summed E-state index contributed by atoms with van der Waals surface area (Å²) in [5.74, 6) is 0. The molecule has 1 aliphatic heterocycles. The van der Waals surface area contributed by atoms with E-state index in [2.05, 4.69) is 43.4 Å². The fraction of sp³-hybridized carbons (Fsp3) is 0.600. The summed E-state index contributed by atoms with van der Waals surface area (Å²) in [5, 5.41) is 3.50. The van der Waals surface area contributed by atoms with E-state index < -0.39 is 0 Å². The minimum Gasteiger partial charge on any atom is -0.384 e. The van der Waals surface area contributed by atoms with Crippen LogP contribution >= 0.6 is 0 Å². The SMILES string of the molecule is CC.CCCCC1(C)CNc2ccccc21. The molecule has 0 saturated heterocycles. The van der Waals surface area contributed by atoms with E-state index in [1.807, 2.05) is 13.8 Å². The fourth-order valence-corrected chi connectivity index (χ4v) is 2.34. The Morgan fingerprint density at radius 1 is 1.25 bits per heavy atom. The number of benzene rings is 1. The van der Waals surface area contributed by atoms with Gasteiger partial charge in [0.25, 0.3) is 0 Å². The van der Waals surface area contributed by atoms with Gasteiger partial charge in [0.1, 0.15) is 0 Å². The first-order valence-electron chi connectivity index (χ1n) is 6.60. The molecule has 1 heterocycles. The summed E-state index contributed by atoms with van der Waals surface area (Å²) in [6.45, 7) is 9.74. The van der Waals surface area contributed by atoms with Crippen LogP contribution in [0, 0.1) is 0 Å². The summed E-state index contributed by atoms with van der Waals surface area (Å²) in [5.41, 5.74) is 3.21. The summed E-state index contributed by atoms with van der Waals surface area (Å²) in [6.07, 6.45) is 3.91. The summed E-state index contributed by atoms with van der Waals surface area (Å²) >= 11 is 0. The van der Waals surface area contributed by atoms with E-state index in [9.17, 15) is 0 Å². The molecule has 1 N–H and O–H groups in total. The molecule has 2 rings (SSSR count). The van der Waals surface area contributed by atoms with E-state index in [-0.39, 0.29) is 0 Å². The number of fused-ring (bicyclic) bond motifs is 1. The number of anilines is 1. The molecule has 1 aromatic carbocycles. The van der Waals surface area contributed by atoms with Crippen molar-refractivity contribution in [3.05, 3.63) is 29.8 Å². The first-order valence-corrected chi connectivity index (χ1v) is 6.60. The lowest BCUT2D eigenvalue weighted by Gasteiger charge is -2.23. The highest BCUT2D eigenvalue weighted by Gasteiger charge is 2.32. The van der Waals surface area contributed by atoms with Crippen molar-refractivity contribution in [1.29, 1.82) is 0 Å². The highest BCUT2D eigenvalue weighted by atomic mass is 14.9. The molecule has 1 unspecified atom stereocenters. The Hall–Kier alpha value is -0.980. The van der Waals surface area contributed by atoms with Gasteiger partial charge in [-0.1, -0.05) is 58.7 Å². The number of rotatable bonds is 3. The standard InChI is InChI=1S/C13H19N.C2H6/c1-3-4-9-13(2)10-14-12-8-6-5-7-11(12)13;1-2/h5-8,14H,3-4,9-10H2,1-2H3;1-2H3. The van der Waals surface area contributed by atoms with Crippen molar-refractivity contribution < 1.29 is 0 Å². The molecular weight excluding hydrogens is 194 g/mol. The van der Waals surface area contributed by atoms with Gasteiger partial charge in [-0.25, -0.2) is 0 Å². The van der Waals surface area contributed by atoms with Crippen molar-refractivity contribution in [3.63, 3.8) is 0 Å². The zero-order chi connectivity index (χ0) is 12.0. The third kappa shape index (κ3) is 2.58. The predicted molar refractivity (Wildman–Crippen MR) is 73.2 cm³/mol.